The fraction of sp³-hybridized carbons (Fsp3) is 0.635. The van der Waals surface area contributed by atoms with Gasteiger partial charge < -0.3 is 120 Å². The predicted octanol–water partition coefficient (Wildman–Crippen LogP) is -1.50. The van der Waals surface area contributed by atoms with Crippen molar-refractivity contribution in [3.8, 4) is 11.5 Å². The quantitative estimate of drug-likeness (QED) is 0.0373. The molecule has 122 heavy (non-hydrogen) atoms. The van der Waals surface area contributed by atoms with E-state index in [1.165, 1.54) is 30.6 Å². The smallest absolute Gasteiger partial charge is 0.338 e. The summed E-state index contributed by atoms with van der Waals surface area (Å²) in [6, 6.07) is 4.13. The van der Waals surface area contributed by atoms with Gasteiger partial charge in [0.05, 0.1) is 49.5 Å². The van der Waals surface area contributed by atoms with Crippen LogP contribution in [0.5, 0.6) is 11.5 Å². The van der Waals surface area contributed by atoms with E-state index >= 15 is 0 Å². The maximum Gasteiger partial charge on any atom is 0.338 e. The molecule has 4 fully saturated rings. The second-order valence-corrected chi connectivity index (χ2v) is 27.3. The van der Waals surface area contributed by atoms with Gasteiger partial charge in [-0.25, -0.2) is 14.2 Å². The average Bonchev–Trinajstić information content (AvgIpc) is 1.12. The lowest BCUT2D eigenvalue weighted by Crippen LogP contribution is -2.66. The van der Waals surface area contributed by atoms with Crippen molar-refractivity contribution in [3.05, 3.63) is 47.5 Å². The van der Waals surface area contributed by atoms with E-state index < -0.39 is 250 Å². The maximum atomic E-state index is 13.3. The van der Waals surface area contributed by atoms with Crippen LogP contribution in [0.1, 0.15) is 144 Å². The molecule has 2 amide bonds. The van der Waals surface area contributed by atoms with Crippen LogP contribution in [0.4, 0.5) is 0 Å². The zero-order chi connectivity index (χ0) is 89.9. The maximum absolute atomic E-state index is 13.3. The van der Waals surface area contributed by atoms with E-state index in [0.717, 1.165) is 113 Å². The highest BCUT2D eigenvalue weighted by atomic mass is 16.8. The van der Waals surface area contributed by atoms with Crippen molar-refractivity contribution in [2.75, 3.05) is 59.8 Å². The van der Waals surface area contributed by atoms with Crippen molar-refractivity contribution >= 4 is 101 Å². The fourth-order valence-corrected chi connectivity index (χ4v) is 12.9. The molecular formula is C74H96N8O40. The highest BCUT2D eigenvalue weighted by Gasteiger charge is 2.61. The number of benzene rings is 1. The van der Waals surface area contributed by atoms with Gasteiger partial charge in [0.15, 0.2) is 86.1 Å². The molecule has 0 radical (unpaired) electrons. The number of methoxy groups -OCH3 is 1. The number of rotatable bonds is 39. The number of aryl methyl sites for hydroxylation is 2. The first-order valence-corrected chi connectivity index (χ1v) is 37.7. The van der Waals surface area contributed by atoms with E-state index in [1.54, 1.807) is 0 Å². The lowest BCUT2D eigenvalue weighted by molar-refractivity contribution is -0.349. The first-order valence-electron chi connectivity index (χ1n) is 37.7. The number of nitrogens with one attached hydrogen (secondary N) is 2. The molecule has 4 saturated heterocycles. The van der Waals surface area contributed by atoms with Crippen molar-refractivity contribution < 1.29 is 190 Å². The van der Waals surface area contributed by atoms with Crippen molar-refractivity contribution in [2.45, 2.75) is 245 Å². The monoisotopic (exact) mass is 1740 g/mol. The summed E-state index contributed by atoms with van der Waals surface area (Å²) in [7, 11) is 1.15. The van der Waals surface area contributed by atoms with Crippen LogP contribution in [-0.2, 0) is 189 Å². The van der Waals surface area contributed by atoms with Gasteiger partial charge in [-0.2, -0.15) is 0 Å². The number of esters is 15. The molecule has 0 aliphatic carbocycles. The van der Waals surface area contributed by atoms with Gasteiger partial charge >= 0.3 is 89.5 Å². The molecule has 0 saturated carbocycles. The molecular weight excluding hydrogens is 1640 g/mol. The summed E-state index contributed by atoms with van der Waals surface area (Å²) in [6.45, 7) is 11.0. The Morgan fingerprint density at radius 1 is 0.344 bits per heavy atom. The lowest BCUT2D eigenvalue weighted by Gasteiger charge is -2.48. The largest absolute Gasteiger partial charge is 0.492 e. The Morgan fingerprint density at radius 2 is 0.623 bits per heavy atom. The molecule has 48 heteroatoms. The van der Waals surface area contributed by atoms with Crippen molar-refractivity contribution in [1.82, 2.24) is 40.6 Å². The Labute approximate surface area is 694 Å². The number of amides is 2. The molecule has 3 aromatic rings. The third kappa shape index (κ3) is 29.6. The minimum Gasteiger partial charge on any atom is -0.492 e. The van der Waals surface area contributed by atoms with Crippen molar-refractivity contribution in [1.29, 1.82) is 0 Å². The first-order chi connectivity index (χ1) is 57.7. The first kappa shape index (κ1) is 97.0. The molecule has 7 rings (SSSR count). The molecule has 4 aliphatic heterocycles. The molecule has 1 aromatic carbocycles. The fourth-order valence-electron chi connectivity index (χ4n) is 12.9. The topological polar surface area (TPSA) is 588 Å². The molecule has 0 spiro atoms. The van der Waals surface area contributed by atoms with Crippen LogP contribution >= 0.6 is 0 Å². The summed E-state index contributed by atoms with van der Waals surface area (Å²) in [5, 5.41) is 22.0. The Kier molecular flexibility index (Phi) is 36.6. The SMILES string of the molecule is COC(=O)c1cc(OCCNC(=O)CCc2cn([C@@H]3O[C@H](COC(C)=O)[C@@H](O[C@@H]4O[C@H](COC(C)=O)[C@H](OC(C)=O)[C@H](OC(C)=O)[C@H]4OC(C)=O)[C@H](OC(C)=O)[C@H]3OC(C)=O)nn2)cc(OCCNC(=O)CCc2cn([C@@H]3O[C@H](COC(C)=O)[C@@H](O[C@@H]4O[C@H](COC(C)=O)[C@H](OC(C)=O)[C@H](OC(C)=O)[C@H]4OC(C)=O)[C@H](OC(C)=O)[C@H]3OC(C)=O)nn2)c1. The van der Waals surface area contributed by atoms with E-state index in [-0.39, 0.29) is 80.4 Å². The van der Waals surface area contributed by atoms with Crippen LogP contribution in [-0.4, -0.2) is 301 Å². The molecule has 48 nitrogen and oxygen atoms in total. The average molecular weight is 1740 g/mol. The van der Waals surface area contributed by atoms with Gasteiger partial charge in [-0.15, -0.1) is 10.2 Å². The lowest BCUT2D eigenvalue weighted by atomic mass is 9.95. The van der Waals surface area contributed by atoms with Gasteiger partial charge in [0.25, 0.3) is 0 Å². The van der Waals surface area contributed by atoms with E-state index in [9.17, 15) is 81.5 Å². The van der Waals surface area contributed by atoms with E-state index in [1.807, 2.05) is 0 Å². The number of nitrogens with zero attached hydrogens (tertiary/aromatic N) is 6. The van der Waals surface area contributed by atoms with E-state index in [4.69, 9.17) is 109 Å². The molecule has 0 unspecified atom stereocenters. The summed E-state index contributed by atoms with van der Waals surface area (Å²) in [5.41, 5.74) is 0.329. The van der Waals surface area contributed by atoms with Crippen LogP contribution < -0.4 is 20.1 Å². The third-order valence-electron chi connectivity index (χ3n) is 17.3. The van der Waals surface area contributed by atoms with Crippen molar-refractivity contribution in [3.63, 3.8) is 0 Å². The summed E-state index contributed by atoms with van der Waals surface area (Å²) >= 11 is 0. The van der Waals surface area contributed by atoms with Gasteiger partial charge in [-0.1, -0.05) is 10.4 Å². The molecule has 2 N–H and O–H groups in total. The zero-order valence-electron chi connectivity index (χ0n) is 68.9. The number of carbonyl (C=O) groups excluding carboxylic acids is 17. The summed E-state index contributed by atoms with van der Waals surface area (Å²) in [5.74, 6) is -14.6. The highest BCUT2D eigenvalue weighted by Crippen LogP contribution is 2.41. The van der Waals surface area contributed by atoms with Gasteiger partial charge in [-0.3, -0.25) is 76.7 Å². The van der Waals surface area contributed by atoms with Crippen LogP contribution in [0.2, 0.25) is 0 Å². The van der Waals surface area contributed by atoms with Crippen LogP contribution in [0.25, 0.3) is 0 Å². The number of hydrogen-bond acceptors (Lipinski definition) is 44. The number of aromatic nitrogens is 6. The summed E-state index contributed by atoms with van der Waals surface area (Å²) in [4.78, 5) is 216. The van der Waals surface area contributed by atoms with E-state index in [0.29, 0.717) is 0 Å². The van der Waals surface area contributed by atoms with Gasteiger partial charge in [-0.05, 0) is 12.1 Å². The second-order valence-electron chi connectivity index (χ2n) is 27.3. The Balaban J connectivity index is 0.973. The molecule has 4 aliphatic rings. The Bertz CT molecular complexity index is 3990. The van der Waals surface area contributed by atoms with Gasteiger partial charge in [0, 0.05) is 129 Å². The number of carbonyl (C=O) groups is 17. The minimum absolute atomic E-state index is 0.00104. The predicted molar refractivity (Wildman–Crippen MR) is 388 cm³/mol. The standard InChI is InChI=1S/C74H96N8O40/c1-33(83)103-29-52-60(121-73-68(115-45(13)95)64(111-41(9)91)58(107-37(5)87)54(119-73)31-105-35(3)85)62(109-39(7)89)66(113-43(11)93)70(117-52)81-27-48(77-79-81)16-18-56(97)75-20-22-101-50-24-47(72(99)100-15)25-51(26-50)102-23-21-76-57(98)19-17-49-28-82(80-78-49)71-67(114-44(12)94)63(110-40(8)90)61(53(118-71)30-104-34(2)84)122-74-69(116-46(14)96)65(112-42(10)92)59(108-38(6)88)55(120-74)32-106-36(4)86/h24-28,52-55,58-71,73-74H,16-23,29-32H2,1-15H3,(H,75,97)(H,76,98)/t52-,53-,54-,55-,58+,59+,60-,61-,62+,63+,64+,65+,66-,67-,68-,69-,70-,71-,73+,74+/m1/s1. The minimum atomic E-state index is -1.94. The van der Waals surface area contributed by atoms with Crippen molar-refractivity contribution in [2.24, 2.45) is 0 Å². The molecule has 0 bridgehead atoms. The zero-order valence-corrected chi connectivity index (χ0v) is 68.9. The van der Waals surface area contributed by atoms with Gasteiger partial charge in [0.1, 0.15) is 87.8 Å². The number of hydrogen-bond donors (Lipinski definition) is 2. The normalized spacial score (nSPS) is 25.9. The molecule has 20 atom stereocenters. The Morgan fingerprint density at radius 3 is 0.918 bits per heavy atom. The third-order valence-corrected chi connectivity index (χ3v) is 17.3. The molecule has 6 heterocycles. The summed E-state index contributed by atoms with van der Waals surface area (Å²) in [6.07, 6.45) is -32.0. The van der Waals surface area contributed by atoms with E-state index in [2.05, 4.69) is 31.3 Å². The highest BCUT2D eigenvalue weighted by molar-refractivity contribution is 5.90. The van der Waals surface area contributed by atoms with Crippen LogP contribution in [0.15, 0.2) is 30.6 Å². The number of ether oxygens (including phenoxy) is 23. The summed E-state index contributed by atoms with van der Waals surface area (Å²) < 4.78 is 134. The van der Waals surface area contributed by atoms with Crippen LogP contribution in [0, 0.1) is 0 Å². The molecule has 2 aromatic heterocycles. The molecule has 672 valence electrons. The second kappa shape index (κ2) is 46.0. The Hall–Kier alpha value is -12.1. The van der Waals surface area contributed by atoms with Crippen LogP contribution in [0.3, 0.4) is 0 Å². The van der Waals surface area contributed by atoms with Gasteiger partial charge in [0.2, 0.25) is 11.8 Å².